The molecule has 0 bridgehead atoms. The molecule has 0 amide bonds. The number of rotatable bonds is 9. The van der Waals surface area contributed by atoms with Crippen molar-refractivity contribution in [1.82, 2.24) is 4.90 Å². The molecule has 32 heavy (non-hydrogen) atoms. The molecule has 1 unspecified atom stereocenters. The molecule has 0 saturated heterocycles. The lowest BCUT2D eigenvalue weighted by Gasteiger charge is -2.34. The monoisotopic (exact) mass is 425 g/mol. The first-order valence-corrected chi connectivity index (χ1v) is 12.6. The van der Waals surface area contributed by atoms with Crippen LogP contribution in [0.5, 0.6) is 0 Å². The number of allylic oxidation sites excluding steroid dienone is 8. The molecule has 3 aliphatic carbocycles. The minimum Gasteiger partial charge on any atom is -0.291 e. The highest BCUT2D eigenvalue weighted by molar-refractivity contribution is 5.27. The fraction of sp³-hybridized carbons (Fsp3) is 0.419. The van der Waals surface area contributed by atoms with E-state index in [0.29, 0.717) is 6.04 Å². The molecule has 0 radical (unpaired) electrons. The topological polar surface area (TPSA) is 3.24 Å². The van der Waals surface area contributed by atoms with E-state index in [1.165, 1.54) is 55.2 Å². The Morgan fingerprint density at radius 3 is 2.50 bits per heavy atom. The average molecular weight is 426 g/mol. The third kappa shape index (κ3) is 7.07. The van der Waals surface area contributed by atoms with Gasteiger partial charge in [0.15, 0.2) is 0 Å². The second kappa shape index (κ2) is 12.0. The van der Waals surface area contributed by atoms with Crippen molar-refractivity contribution in [2.75, 3.05) is 6.54 Å². The van der Waals surface area contributed by atoms with Crippen LogP contribution in [-0.2, 0) is 6.54 Å². The van der Waals surface area contributed by atoms with Crippen LogP contribution in [0.2, 0.25) is 0 Å². The van der Waals surface area contributed by atoms with Gasteiger partial charge in [-0.15, -0.1) is 0 Å². The maximum atomic E-state index is 2.75. The second-order valence-electron chi connectivity index (χ2n) is 9.76. The van der Waals surface area contributed by atoms with Gasteiger partial charge in [0.1, 0.15) is 0 Å². The van der Waals surface area contributed by atoms with Gasteiger partial charge in [-0.1, -0.05) is 103 Å². The van der Waals surface area contributed by atoms with E-state index in [4.69, 9.17) is 0 Å². The lowest BCUT2D eigenvalue weighted by Crippen LogP contribution is -2.37. The SMILES string of the molecule is C[C@H]1CC=CC(CC(CC2=CC=CCC2)N(CC2=CCCC=C2)Cc2ccccc2)=CC1. The number of nitrogens with zero attached hydrogens (tertiary/aromatic N) is 1. The molecule has 0 saturated carbocycles. The van der Waals surface area contributed by atoms with Crippen LogP contribution in [0.15, 0.2) is 102 Å². The van der Waals surface area contributed by atoms with Crippen molar-refractivity contribution in [2.24, 2.45) is 5.92 Å². The summed E-state index contributed by atoms with van der Waals surface area (Å²) in [5, 5.41) is 0. The summed E-state index contributed by atoms with van der Waals surface area (Å²) >= 11 is 0. The molecule has 0 heterocycles. The van der Waals surface area contributed by atoms with Gasteiger partial charge in [-0.2, -0.15) is 0 Å². The van der Waals surface area contributed by atoms with Crippen LogP contribution in [0.25, 0.3) is 0 Å². The zero-order valence-corrected chi connectivity index (χ0v) is 19.8. The van der Waals surface area contributed by atoms with Crippen molar-refractivity contribution in [3.8, 4) is 0 Å². The summed E-state index contributed by atoms with van der Waals surface area (Å²) in [6, 6.07) is 11.5. The predicted molar refractivity (Wildman–Crippen MR) is 138 cm³/mol. The van der Waals surface area contributed by atoms with Gasteiger partial charge in [-0.25, -0.2) is 0 Å². The highest BCUT2D eigenvalue weighted by atomic mass is 15.2. The van der Waals surface area contributed by atoms with Crippen LogP contribution in [0.4, 0.5) is 0 Å². The van der Waals surface area contributed by atoms with Crippen molar-refractivity contribution in [3.63, 3.8) is 0 Å². The average Bonchev–Trinajstić information content (AvgIpc) is 3.04. The molecule has 0 spiro atoms. The summed E-state index contributed by atoms with van der Waals surface area (Å²) < 4.78 is 0. The summed E-state index contributed by atoms with van der Waals surface area (Å²) in [6.07, 6.45) is 30.9. The Hall–Kier alpha value is -2.38. The standard InChI is InChI=1S/C31H39N/c1-26-12-11-19-28(21-20-26)23-31(22-27-13-5-2-6-14-27)32(24-29-15-7-3-8-16-29)25-30-17-9-4-10-18-30/h2-3,5,7-9,11,13,15-19,21,26,31H,4,6,10,12,14,20,22-25H2,1H3/t26-,31?/m0/s1. The first-order chi connectivity index (χ1) is 15.8. The quantitative estimate of drug-likeness (QED) is 0.386. The van der Waals surface area contributed by atoms with Gasteiger partial charge in [0.05, 0.1) is 0 Å². The molecule has 168 valence electrons. The molecule has 1 aromatic carbocycles. The van der Waals surface area contributed by atoms with Crippen LogP contribution < -0.4 is 0 Å². The van der Waals surface area contributed by atoms with Gasteiger partial charge in [-0.3, -0.25) is 4.90 Å². The molecule has 1 nitrogen and oxygen atoms in total. The van der Waals surface area contributed by atoms with Crippen molar-refractivity contribution in [3.05, 3.63) is 107 Å². The zero-order chi connectivity index (χ0) is 22.0. The molecule has 1 aromatic rings. The minimum atomic E-state index is 0.508. The Morgan fingerprint density at radius 2 is 1.72 bits per heavy atom. The predicted octanol–water partition coefficient (Wildman–Crippen LogP) is 8.10. The van der Waals surface area contributed by atoms with E-state index >= 15 is 0 Å². The van der Waals surface area contributed by atoms with Gasteiger partial charge in [0, 0.05) is 19.1 Å². The minimum absolute atomic E-state index is 0.508. The number of hydrogen-bond donors (Lipinski definition) is 0. The molecule has 3 aliphatic rings. The molecule has 2 atom stereocenters. The van der Waals surface area contributed by atoms with Crippen molar-refractivity contribution in [2.45, 2.75) is 70.9 Å². The van der Waals surface area contributed by atoms with Gasteiger partial charge >= 0.3 is 0 Å². The molecule has 0 fully saturated rings. The summed E-state index contributed by atoms with van der Waals surface area (Å²) in [5.74, 6) is 0.756. The van der Waals surface area contributed by atoms with E-state index in [1.54, 1.807) is 5.57 Å². The molecule has 1 heteroatoms. The molecular weight excluding hydrogens is 386 g/mol. The number of benzene rings is 1. The highest BCUT2D eigenvalue weighted by Crippen LogP contribution is 2.29. The fourth-order valence-electron chi connectivity index (χ4n) is 5.00. The normalized spacial score (nSPS) is 21.7. The van der Waals surface area contributed by atoms with Gasteiger partial charge in [0.2, 0.25) is 0 Å². The van der Waals surface area contributed by atoms with Crippen LogP contribution in [-0.4, -0.2) is 17.5 Å². The Labute approximate surface area is 195 Å². The maximum absolute atomic E-state index is 2.75. The summed E-state index contributed by atoms with van der Waals surface area (Å²) in [7, 11) is 0. The van der Waals surface area contributed by atoms with Gasteiger partial charge in [-0.05, 0) is 68.4 Å². The Morgan fingerprint density at radius 1 is 0.844 bits per heavy atom. The van der Waals surface area contributed by atoms with E-state index in [1.807, 2.05) is 0 Å². The van der Waals surface area contributed by atoms with E-state index < -0.39 is 0 Å². The van der Waals surface area contributed by atoms with Crippen LogP contribution in [0, 0.1) is 5.92 Å². The van der Waals surface area contributed by atoms with Crippen LogP contribution in [0.3, 0.4) is 0 Å². The Balaban J connectivity index is 1.60. The first kappa shape index (κ1) is 22.8. The van der Waals surface area contributed by atoms with Gasteiger partial charge in [0.25, 0.3) is 0 Å². The third-order valence-electron chi connectivity index (χ3n) is 6.92. The Bertz CT molecular complexity index is 909. The van der Waals surface area contributed by atoms with Crippen molar-refractivity contribution in [1.29, 1.82) is 0 Å². The Kier molecular flexibility index (Phi) is 8.56. The largest absolute Gasteiger partial charge is 0.291 e. The molecule has 0 N–H and O–H groups in total. The molecule has 0 aliphatic heterocycles. The lowest BCUT2D eigenvalue weighted by atomic mass is 9.91. The third-order valence-corrected chi connectivity index (χ3v) is 6.92. The fourth-order valence-corrected chi connectivity index (χ4v) is 5.00. The molecule has 0 aromatic heterocycles. The summed E-state index contributed by atoms with van der Waals surface area (Å²) in [5.41, 5.74) is 6.02. The lowest BCUT2D eigenvalue weighted by molar-refractivity contribution is 0.201. The smallest absolute Gasteiger partial charge is 0.0240 e. The summed E-state index contributed by atoms with van der Waals surface area (Å²) in [4.78, 5) is 2.75. The summed E-state index contributed by atoms with van der Waals surface area (Å²) in [6.45, 7) is 4.41. The van der Waals surface area contributed by atoms with Crippen molar-refractivity contribution < 1.29 is 0 Å². The van der Waals surface area contributed by atoms with E-state index in [9.17, 15) is 0 Å². The zero-order valence-electron chi connectivity index (χ0n) is 19.8. The number of hydrogen-bond acceptors (Lipinski definition) is 1. The maximum Gasteiger partial charge on any atom is 0.0240 e. The van der Waals surface area contributed by atoms with Gasteiger partial charge < -0.3 is 0 Å². The molecular formula is C31H39N. The van der Waals surface area contributed by atoms with Crippen LogP contribution in [0.1, 0.15) is 63.9 Å². The first-order valence-electron chi connectivity index (χ1n) is 12.6. The second-order valence-corrected chi connectivity index (χ2v) is 9.76. The van der Waals surface area contributed by atoms with E-state index in [-0.39, 0.29) is 0 Å². The van der Waals surface area contributed by atoms with Crippen LogP contribution >= 0.6 is 0 Å². The highest BCUT2D eigenvalue weighted by Gasteiger charge is 2.23. The van der Waals surface area contributed by atoms with E-state index in [0.717, 1.165) is 31.8 Å². The van der Waals surface area contributed by atoms with E-state index in [2.05, 4.69) is 96.8 Å². The molecule has 4 rings (SSSR count). The van der Waals surface area contributed by atoms with Crippen molar-refractivity contribution >= 4 is 0 Å².